The number of rotatable bonds is 3. The number of hydrogen-bond donors (Lipinski definition) is 1. The molecule has 1 heterocycles. The van der Waals surface area contributed by atoms with Crippen LogP contribution >= 0.6 is 0 Å². The molecule has 0 fully saturated rings. The number of alkyl halides is 2. The molecule has 0 aliphatic carbocycles. The summed E-state index contributed by atoms with van der Waals surface area (Å²) in [5.74, 6) is 0. The SMILES string of the molecule is CN(CC(F)F)C1CNCc2ccccc21. The van der Waals surface area contributed by atoms with Crippen molar-refractivity contribution in [1.29, 1.82) is 0 Å². The summed E-state index contributed by atoms with van der Waals surface area (Å²) >= 11 is 0. The van der Waals surface area contributed by atoms with E-state index in [2.05, 4.69) is 5.32 Å². The molecular weight excluding hydrogens is 210 g/mol. The molecule has 88 valence electrons. The molecule has 1 N–H and O–H groups in total. The van der Waals surface area contributed by atoms with Crippen molar-refractivity contribution in [3.8, 4) is 0 Å². The highest BCUT2D eigenvalue weighted by Gasteiger charge is 2.24. The van der Waals surface area contributed by atoms with Crippen molar-refractivity contribution in [2.45, 2.75) is 19.0 Å². The van der Waals surface area contributed by atoms with Gasteiger partial charge in [-0.15, -0.1) is 0 Å². The maximum absolute atomic E-state index is 12.4. The van der Waals surface area contributed by atoms with Crippen LogP contribution in [0.15, 0.2) is 24.3 Å². The average molecular weight is 226 g/mol. The Bertz CT molecular complexity index is 355. The highest BCUT2D eigenvalue weighted by Crippen LogP contribution is 2.26. The second-order valence-electron chi connectivity index (χ2n) is 4.18. The van der Waals surface area contributed by atoms with E-state index in [1.165, 1.54) is 11.1 Å². The molecule has 0 radical (unpaired) electrons. The van der Waals surface area contributed by atoms with Crippen LogP contribution in [0.4, 0.5) is 8.78 Å². The smallest absolute Gasteiger partial charge is 0.251 e. The second-order valence-corrected chi connectivity index (χ2v) is 4.18. The number of benzene rings is 1. The summed E-state index contributed by atoms with van der Waals surface area (Å²) in [5, 5.41) is 3.26. The third kappa shape index (κ3) is 2.39. The Labute approximate surface area is 94.3 Å². The highest BCUT2D eigenvalue weighted by molar-refractivity contribution is 5.32. The molecule has 1 aromatic rings. The molecular formula is C12H16F2N2. The lowest BCUT2D eigenvalue weighted by molar-refractivity contribution is 0.0784. The second kappa shape index (κ2) is 4.89. The zero-order valence-corrected chi connectivity index (χ0v) is 9.29. The van der Waals surface area contributed by atoms with Gasteiger partial charge in [-0.25, -0.2) is 8.78 Å². The van der Waals surface area contributed by atoms with Crippen molar-refractivity contribution < 1.29 is 8.78 Å². The van der Waals surface area contributed by atoms with Gasteiger partial charge < -0.3 is 5.32 Å². The summed E-state index contributed by atoms with van der Waals surface area (Å²) in [6.45, 7) is 1.39. The summed E-state index contributed by atoms with van der Waals surface area (Å²) in [6, 6.07) is 8.08. The van der Waals surface area contributed by atoms with Crippen LogP contribution in [0.2, 0.25) is 0 Å². The fourth-order valence-corrected chi connectivity index (χ4v) is 2.21. The van der Waals surface area contributed by atoms with Crippen molar-refractivity contribution in [2.24, 2.45) is 0 Å². The van der Waals surface area contributed by atoms with Crippen LogP contribution < -0.4 is 5.32 Å². The zero-order chi connectivity index (χ0) is 11.5. The maximum atomic E-state index is 12.4. The van der Waals surface area contributed by atoms with Crippen molar-refractivity contribution in [3.05, 3.63) is 35.4 Å². The molecule has 0 spiro atoms. The molecule has 4 heteroatoms. The summed E-state index contributed by atoms with van der Waals surface area (Å²) in [4.78, 5) is 1.72. The minimum atomic E-state index is -2.28. The predicted molar refractivity (Wildman–Crippen MR) is 59.5 cm³/mol. The quantitative estimate of drug-likeness (QED) is 0.848. The lowest BCUT2D eigenvalue weighted by atomic mass is 9.96. The fourth-order valence-electron chi connectivity index (χ4n) is 2.21. The van der Waals surface area contributed by atoms with E-state index in [9.17, 15) is 8.78 Å². The van der Waals surface area contributed by atoms with E-state index < -0.39 is 6.43 Å². The van der Waals surface area contributed by atoms with E-state index in [1.807, 2.05) is 24.3 Å². The number of nitrogens with zero attached hydrogens (tertiary/aromatic N) is 1. The molecule has 2 nitrogen and oxygen atoms in total. The van der Waals surface area contributed by atoms with Gasteiger partial charge in [-0.1, -0.05) is 24.3 Å². The molecule has 0 aromatic heterocycles. The third-order valence-corrected chi connectivity index (χ3v) is 3.03. The van der Waals surface area contributed by atoms with Crippen molar-refractivity contribution in [3.63, 3.8) is 0 Å². The molecule has 0 amide bonds. The summed E-state index contributed by atoms with van der Waals surface area (Å²) in [5.41, 5.74) is 2.38. The highest BCUT2D eigenvalue weighted by atomic mass is 19.3. The first-order valence-electron chi connectivity index (χ1n) is 5.45. The molecule has 0 saturated carbocycles. The Balaban J connectivity index is 2.18. The summed E-state index contributed by atoms with van der Waals surface area (Å²) in [6.07, 6.45) is -2.28. The number of likely N-dealkylation sites (N-methyl/N-ethyl adjacent to an activating group) is 1. The van der Waals surface area contributed by atoms with Gasteiger partial charge in [0.05, 0.1) is 6.54 Å². The molecule has 2 rings (SSSR count). The van der Waals surface area contributed by atoms with Crippen molar-refractivity contribution in [2.75, 3.05) is 20.1 Å². The Morgan fingerprint density at radius 2 is 2.19 bits per heavy atom. The standard InChI is InChI=1S/C12H16F2N2/c1-16(8-12(13)14)11-7-15-6-9-4-2-3-5-10(9)11/h2-5,11-12,15H,6-8H2,1H3. The van der Waals surface area contributed by atoms with Gasteiger partial charge in [0.15, 0.2) is 0 Å². The minimum Gasteiger partial charge on any atom is -0.311 e. The summed E-state index contributed by atoms with van der Waals surface area (Å²) in [7, 11) is 1.75. The van der Waals surface area contributed by atoms with E-state index >= 15 is 0 Å². The predicted octanol–water partition coefficient (Wildman–Crippen LogP) is 2.03. The first-order chi connectivity index (χ1) is 7.68. The van der Waals surface area contributed by atoms with Gasteiger partial charge in [0.25, 0.3) is 6.43 Å². The first-order valence-corrected chi connectivity index (χ1v) is 5.45. The topological polar surface area (TPSA) is 15.3 Å². The van der Waals surface area contributed by atoms with E-state index in [-0.39, 0.29) is 12.6 Å². The number of halogens is 2. The van der Waals surface area contributed by atoms with Crippen LogP contribution in [-0.2, 0) is 6.54 Å². The lowest BCUT2D eigenvalue weighted by Crippen LogP contribution is -2.39. The van der Waals surface area contributed by atoms with E-state index in [0.29, 0.717) is 0 Å². The van der Waals surface area contributed by atoms with Gasteiger partial charge in [0, 0.05) is 19.1 Å². The van der Waals surface area contributed by atoms with Gasteiger partial charge in [-0.2, -0.15) is 0 Å². The number of nitrogens with one attached hydrogen (secondary N) is 1. The maximum Gasteiger partial charge on any atom is 0.251 e. The van der Waals surface area contributed by atoms with E-state index in [0.717, 1.165) is 13.1 Å². The normalized spacial score (nSPS) is 20.2. The fraction of sp³-hybridized carbons (Fsp3) is 0.500. The monoisotopic (exact) mass is 226 g/mol. The van der Waals surface area contributed by atoms with Crippen LogP contribution in [0.5, 0.6) is 0 Å². The molecule has 1 aliphatic heterocycles. The molecule has 1 aromatic carbocycles. The van der Waals surface area contributed by atoms with Crippen LogP contribution in [0.3, 0.4) is 0 Å². The van der Waals surface area contributed by atoms with E-state index in [4.69, 9.17) is 0 Å². The number of hydrogen-bond acceptors (Lipinski definition) is 2. The Kier molecular flexibility index (Phi) is 3.51. The lowest BCUT2D eigenvalue weighted by Gasteiger charge is -2.33. The van der Waals surface area contributed by atoms with Crippen LogP contribution in [0.25, 0.3) is 0 Å². The minimum absolute atomic E-state index is 0.0546. The van der Waals surface area contributed by atoms with Crippen LogP contribution in [-0.4, -0.2) is 31.5 Å². The van der Waals surface area contributed by atoms with Crippen LogP contribution in [0, 0.1) is 0 Å². The van der Waals surface area contributed by atoms with Crippen molar-refractivity contribution >= 4 is 0 Å². The molecule has 1 aliphatic rings. The molecule has 16 heavy (non-hydrogen) atoms. The van der Waals surface area contributed by atoms with Gasteiger partial charge in [0.2, 0.25) is 0 Å². The Morgan fingerprint density at radius 3 is 2.94 bits per heavy atom. The van der Waals surface area contributed by atoms with Gasteiger partial charge >= 0.3 is 0 Å². The average Bonchev–Trinajstić information content (AvgIpc) is 2.27. The summed E-state index contributed by atoms with van der Waals surface area (Å²) < 4.78 is 24.7. The van der Waals surface area contributed by atoms with Gasteiger partial charge in [-0.3, -0.25) is 4.90 Å². The van der Waals surface area contributed by atoms with Gasteiger partial charge in [0.1, 0.15) is 0 Å². The Morgan fingerprint density at radius 1 is 1.44 bits per heavy atom. The molecule has 1 atom stereocenters. The Hall–Kier alpha value is -1.00. The third-order valence-electron chi connectivity index (χ3n) is 3.03. The zero-order valence-electron chi connectivity index (χ0n) is 9.29. The number of fused-ring (bicyclic) bond motifs is 1. The van der Waals surface area contributed by atoms with Crippen molar-refractivity contribution in [1.82, 2.24) is 10.2 Å². The molecule has 0 bridgehead atoms. The molecule has 0 saturated heterocycles. The largest absolute Gasteiger partial charge is 0.311 e. The first kappa shape index (κ1) is 11.5. The van der Waals surface area contributed by atoms with Crippen LogP contribution in [0.1, 0.15) is 17.2 Å². The van der Waals surface area contributed by atoms with Gasteiger partial charge in [-0.05, 0) is 18.2 Å². The van der Waals surface area contributed by atoms with E-state index in [1.54, 1.807) is 11.9 Å². The molecule has 1 unspecified atom stereocenters.